The van der Waals surface area contributed by atoms with Gasteiger partial charge >= 0.3 is 5.97 Å². The summed E-state index contributed by atoms with van der Waals surface area (Å²) in [6, 6.07) is 18.8. The molecule has 4 rings (SSSR count). The lowest BCUT2D eigenvalue weighted by Gasteiger charge is -2.23. The highest BCUT2D eigenvalue weighted by molar-refractivity contribution is 7.89. The summed E-state index contributed by atoms with van der Waals surface area (Å²) in [6.07, 6.45) is 1.72. The number of aromatic nitrogens is 1. The largest absolute Gasteiger partial charge is 0.482 e. The Morgan fingerprint density at radius 2 is 1.74 bits per heavy atom. The fraction of sp³-hybridized carbons (Fsp3) is 0.120. The third-order valence-electron chi connectivity index (χ3n) is 5.05. The normalized spacial score (nSPS) is 11.5. The van der Waals surface area contributed by atoms with Crippen molar-refractivity contribution in [2.24, 2.45) is 0 Å². The van der Waals surface area contributed by atoms with Crippen LogP contribution in [0, 0.1) is 5.82 Å². The molecule has 7 nitrogen and oxygen atoms in total. The smallest absolute Gasteiger partial charge is 0.341 e. The molecule has 3 aromatic carbocycles. The summed E-state index contributed by atoms with van der Waals surface area (Å²) in [5, 5.41) is 11.6. The number of halogens is 1. The van der Waals surface area contributed by atoms with Crippen LogP contribution < -0.4 is 4.74 Å². The van der Waals surface area contributed by atoms with E-state index in [2.05, 4.69) is 4.98 Å². The van der Waals surface area contributed by atoms with E-state index in [4.69, 9.17) is 9.84 Å². The van der Waals surface area contributed by atoms with Crippen LogP contribution in [0.15, 0.2) is 89.3 Å². The Bertz CT molecular complexity index is 1410. The molecule has 0 amide bonds. The van der Waals surface area contributed by atoms with Gasteiger partial charge in [0.05, 0.1) is 4.90 Å². The van der Waals surface area contributed by atoms with Gasteiger partial charge in [-0.2, -0.15) is 4.31 Å². The molecule has 0 radical (unpaired) electrons. The first-order valence-electron chi connectivity index (χ1n) is 10.5. The van der Waals surface area contributed by atoms with E-state index in [1.807, 2.05) is 29.6 Å². The van der Waals surface area contributed by atoms with Gasteiger partial charge < -0.3 is 9.84 Å². The molecule has 0 bridgehead atoms. The van der Waals surface area contributed by atoms with Gasteiger partial charge in [0, 0.05) is 30.2 Å². The fourth-order valence-electron chi connectivity index (χ4n) is 3.41. The maximum absolute atomic E-state index is 13.8. The fourth-order valence-corrected chi connectivity index (χ4v) is 5.50. The van der Waals surface area contributed by atoms with Crippen LogP contribution in [-0.2, 0) is 27.9 Å². The number of rotatable bonds is 10. The summed E-state index contributed by atoms with van der Waals surface area (Å²) >= 11 is 1.51. The molecule has 4 aromatic rings. The van der Waals surface area contributed by atoms with Crippen molar-refractivity contribution >= 4 is 27.3 Å². The molecule has 0 aliphatic heterocycles. The summed E-state index contributed by atoms with van der Waals surface area (Å²) < 4.78 is 47.3. The third-order valence-corrected chi connectivity index (χ3v) is 7.66. The van der Waals surface area contributed by atoms with Gasteiger partial charge in [-0.05, 0) is 41.5 Å². The molecule has 1 aromatic heterocycles. The molecular weight excluding hydrogens is 491 g/mol. The van der Waals surface area contributed by atoms with E-state index < -0.39 is 28.4 Å². The minimum absolute atomic E-state index is 0.0304. The molecule has 0 saturated carbocycles. The van der Waals surface area contributed by atoms with Crippen LogP contribution in [0.25, 0.3) is 10.6 Å². The first kappa shape index (κ1) is 24.5. The van der Waals surface area contributed by atoms with Gasteiger partial charge in [0.15, 0.2) is 6.61 Å². The predicted molar refractivity (Wildman–Crippen MR) is 130 cm³/mol. The Hall–Kier alpha value is -3.60. The maximum atomic E-state index is 13.8. The molecule has 180 valence electrons. The lowest BCUT2D eigenvalue weighted by molar-refractivity contribution is -0.139. The van der Waals surface area contributed by atoms with Crippen molar-refractivity contribution in [3.05, 3.63) is 101 Å². The number of nitrogens with zero attached hydrogens (tertiary/aromatic N) is 2. The van der Waals surface area contributed by atoms with Crippen molar-refractivity contribution in [1.29, 1.82) is 0 Å². The van der Waals surface area contributed by atoms with Gasteiger partial charge in [-0.15, -0.1) is 11.3 Å². The molecule has 0 spiro atoms. The van der Waals surface area contributed by atoms with Crippen molar-refractivity contribution in [2.45, 2.75) is 18.0 Å². The monoisotopic (exact) mass is 512 g/mol. The number of benzene rings is 3. The molecule has 1 N–H and O–H groups in total. The number of hydrogen-bond donors (Lipinski definition) is 1. The zero-order valence-electron chi connectivity index (χ0n) is 18.4. The van der Waals surface area contributed by atoms with E-state index in [9.17, 15) is 17.6 Å². The van der Waals surface area contributed by atoms with E-state index in [-0.39, 0.29) is 18.0 Å². The highest BCUT2D eigenvalue weighted by Gasteiger charge is 2.26. The zero-order chi connectivity index (χ0) is 24.8. The molecule has 0 atom stereocenters. The van der Waals surface area contributed by atoms with Gasteiger partial charge in [0.25, 0.3) is 0 Å². The molecule has 0 fully saturated rings. The SMILES string of the molecule is O=C(O)COc1cccc(CN(Cc2ccc(-c3nccs3)cc2)S(=O)(=O)c2cccc(F)c2)c1. The Morgan fingerprint density at radius 1 is 1.00 bits per heavy atom. The Kier molecular flexibility index (Phi) is 7.54. The molecule has 0 unspecified atom stereocenters. The summed E-state index contributed by atoms with van der Waals surface area (Å²) in [4.78, 5) is 14.9. The second kappa shape index (κ2) is 10.8. The zero-order valence-corrected chi connectivity index (χ0v) is 20.0. The van der Waals surface area contributed by atoms with E-state index in [1.54, 1.807) is 30.5 Å². The third kappa shape index (κ3) is 6.30. The summed E-state index contributed by atoms with van der Waals surface area (Å²) in [5.41, 5.74) is 2.25. The lowest BCUT2D eigenvalue weighted by Crippen LogP contribution is -2.30. The first-order chi connectivity index (χ1) is 16.8. The standard InChI is InChI=1S/C25H21FN2O5S2/c26-21-4-2-6-23(14-21)35(31,32)28(16-19-3-1-5-22(13-19)33-17-24(29)30)15-18-7-9-20(10-8-18)25-27-11-12-34-25/h1-14H,15-17H2,(H,29,30). The maximum Gasteiger partial charge on any atom is 0.341 e. The number of carboxylic acids is 1. The summed E-state index contributed by atoms with van der Waals surface area (Å²) in [7, 11) is -4.06. The number of sulfonamides is 1. The topological polar surface area (TPSA) is 96.8 Å². The molecule has 0 saturated heterocycles. The lowest BCUT2D eigenvalue weighted by atomic mass is 10.1. The van der Waals surface area contributed by atoms with Crippen LogP contribution in [0.4, 0.5) is 4.39 Å². The molecule has 1 heterocycles. The van der Waals surface area contributed by atoms with Crippen molar-refractivity contribution in [2.75, 3.05) is 6.61 Å². The van der Waals surface area contributed by atoms with Crippen LogP contribution in [0.1, 0.15) is 11.1 Å². The van der Waals surface area contributed by atoms with Crippen molar-refractivity contribution in [3.8, 4) is 16.3 Å². The quantitative estimate of drug-likeness (QED) is 0.328. The number of hydrogen-bond acceptors (Lipinski definition) is 6. The number of aliphatic carboxylic acids is 1. The second-order valence-corrected chi connectivity index (χ2v) is 10.4. The minimum atomic E-state index is -4.06. The van der Waals surface area contributed by atoms with Gasteiger partial charge in [0.2, 0.25) is 10.0 Å². The Labute approximate surface area is 206 Å². The number of carboxylic acid groups (broad SMARTS) is 1. The van der Waals surface area contributed by atoms with E-state index in [1.165, 1.54) is 33.8 Å². The second-order valence-electron chi connectivity index (χ2n) is 7.59. The van der Waals surface area contributed by atoms with Crippen LogP contribution in [0.2, 0.25) is 0 Å². The van der Waals surface area contributed by atoms with Crippen molar-refractivity contribution in [3.63, 3.8) is 0 Å². The average Bonchev–Trinajstić information content (AvgIpc) is 3.38. The summed E-state index contributed by atoms with van der Waals surface area (Å²) in [6.45, 7) is -0.505. The van der Waals surface area contributed by atoms with Gasteiger partial charge in [0.1, 0.15) is 16.6 Å². The highest BCUT2D eigenvalue weighted by Crippen LogP contribution is 2.26. The average molecular weight is 513 g/mol. The minimum Gasteiger partial charge on any atom is -0.482 e. The van der Waals surface area contributed by atoms with E-state index in [0.29, 0.717) is 11.3 Å². The van der Waals surface area contributed by atoms with Crippen LogP contribution in [-0.4, -0.2) is 35.4 Å². The molecule has 0 aliphatic carbocycles. The Morgan fingerprint density at radius 3 is 2.43 bits per heavy atom. The highest BCUT2D eigenvalue weighted by atomic mass is 32.2. The molecule has 10 heteroatoms. The molecule has 0 aliphatic rings. The number of thiazole rings is 1. The van der Waals surface area contributed by atoms with Crippen LogP contribution in [0.3, 0.4) is 0 Å². The molecule has 35 heavy (non-hydrogen) atoms. The number of carbonyl (C=O) groups is 1. The van der Waals surface area contributed by atoms with Crippen LogP contribution >= 0.6 is 11.3 Å². The summed E-state index contributed by atoms with van der Waals surface area (Å²) in [5.74, 6) is -1.46. The van der Waals surface area contributed by atoms with Gasteiger partial charge in [-0.1, -0.05) is 42.5 Å². The van der Waals surface area contributed by atoms with Gasteiger partial charge in [-0.25, -0.2) is 22.6 Å². The molecular formula is C25H21FN2O5S2. The predicted octanol–water partition coefficient (Wildman–Crippen LogP) is 4.80. The van der Waals surface area contributed by atoms with Crippen molar-refractivity contribution in [1.82, 2.24) is 9.29 Å². The van der Waals surface area contributed by atoms with E-state index >= 15 is 0 Å². The van der Waals surface area contributed by atoms with Crippen LogP contribution in [0.5, 0.6) is 5.75 Å². The Balaban J connectivity index is 1.63. The van der Waals surface area contributed by atoms with Gasteiger partial charge in [-0.3, -0.25) is 0 Å². The first-order valence-corrected chi connectivity index (χ1v) is 12.8. The van der Waals surface area contributed by atoms with Crippen molar-refractivity contribution < 1.29 is 27.4 Å². The number of ether oxygens (including phenoxy) is 1. The van der Waals surface area contributed by atoms with E-state index in [0.717, 1.165) is 22.2 Å².